The minimum absolute atomic E-state index is 0.254. The number of amides is 2. The van der Waals surface area contributed by atoms with Crippen molar-refractivity contribution in [3.05, 3.63) is 22.3 Å². The first-order valence-electron chi connectivity index (χ1n) is 6.04. The molecule has 0 saturated heterocycles. The van der Waals surface area contributed by atoms with E-state index in [-0.39, 0.29) is 12.1 Å². The van der Waals surface area contributed by atoms with Gasteiger partial charge in [0.25, 0.3) is 0 Å². The summed E-state index contributed by atoms with van der Waals surface area (Å²) in [5, 5.41) is 6.34. The Morgan fingerprint density at radius 1 is 1.28 bits per heavy atom. The van der Waals surface area contributed by atoms with Gasteiger partial charge in [0.2, 0.25) is 0 Å². The Morgan fingerprint density at radius 2 is 2.00 bits per heavy atom. The Hall–Kier alpha value is -1.00. The number of hydrogen-bond donors (Lipinski definition) is 2. The molecule has 98 valence electrons. The molecule has 1 saturated carbocycles. The topological polar surface area (TPSA) is 54.0 Å². The van der Waals surface area contributed by atoms with E-state index in [1.54, 1.807) is 6.07 Å². The highest BCUT2D eigenvalue weighted by molar-refractivity contribution is 6.36. The molecule has 0 unspecified atom stereocenters. The molecular formula is C12H15Cl2N3O. The van der Waals surface area contributed by atoms with Crippen LogP contribution in [-0.4, -0.2) is 17.1 Å². The predicted octanol–water partition coefficient (Wildman–Crippen LogP) is 3.84. The van der Waals surface area contributed by atoms with Crippen LogP contribution in [0.3, 0.4) is 0 Å². The summed E-state index contributed by atoms with van der Waals surface area (Å²) in [6.45, 7) is 0. The zero-order valence-electron chi connectivity index (χ0n) is 9.88. The van der Waals surface area contributed by atoms with Crippen molar-refractivity contribution in [1.82, 2.24) is 10.3 Å². The van der Waals surface area contributed by atoms with Crippen molar-refractivity contribution in [2.24, 2.45) is 0 Å². The van der Waals surface area contributed by atoms with Gasteiger partial charge in [-0.15, -0.1) is 0 Å². The largest absolute Gasteiger partial charge is 0.335 e. The minimum Gasteiger partial charge on any atom is -0.335 e. The van der Waals surface area contributed by atoms with Crippen LogP contribution in [0.1, 0.15) is 32.1 Å². The van der Waals surface area contributed by atoms with E-state index in [0.717, 1.165) is 12.8 Å². The van der Waals surface area contributed by atoms with Gasteiger partial charge in [-0.25, -0.2) is 9.78 Å². The molecule has 1 aromatic rings. The van der Waals surface area contributed by atoms with Gasteiger partial charge in [0.1, 0.15) is 0 Å². The highest BCUT2D eigenvalue weighted by atomic mass is 35.5. The van der Waals surface area contributed by atoms with Gasteiger partial charge in [-0.1, -0.05) is 42.5 Å². The molecular weight excluding hydrogens is 273 g/mol. The number of anilines is 1. The van der Waals surface area contributed by atoms with Crippen LogP contribution in [0.2, 0.25) is 10.0 Å². The fourth-order valence-electron chi connectivity index (χ4n) is 2.08. The number of nitrogens with zero attached hydrogens (tertiary/aromatic N) is 1. The third kappa shape index (κ3) is 3.75. The van der Waals surface area contributed by atoms with Crippen LogP contribution >= 0.6 is 23.2 Å². The summed E-state index contributed by atoms with van der Waals surface area (Å²) in [6.07, 6.45) is 7.12. The number of carbonyl (C=O) groups excluding carboxylic acids is 1. The van der Waals surface area contributed by atoms with Crippen LogP contribution < -0.4 is 10.6 Å². The Kier molecular flexibility index (Phi) is 4.66. The predicted molar refractivity (Wildman–Crippen MR) is 73.3 cm³/mol. The molecule has 0 spiro atoms. The van der Waals surface area contributed by atoms with Gasteiger partial charge < -0.3 is 5.32 Å². The molecule has 0 aliphatic heterocycles. The summed E-state index contributed by atoms with van der Waals surface area (Å²) >= 11 is 11.7. The molecule has 0 bridgehead atoms. The molecule has 2 N–H and O–H groups in total. The summed E-state index contributed by atoms with van der Waals surface area (Å²) in [5.74, 6) is 0.328. The lowest BCUT2D eigenvalue weighted by Gasteiger charge is -2.22. The van der Waals surface area contributed by atoms with Crippen molar-refractivity contribution in [3.63, 3.8) is 0 Å². The zero-order valence-corrected chi connectivity index (χ0v) is 11.4. The van der Waals surface area contributed by atoms with Gasteiger partial charge >= 0.3 is 6.03 Å². The van der Waals surface area contributed by atoms with E-state index in [1.165, 1.54) is 25.5 Å². The van der Waals surface area contributed by atoms with Crippen LogP contribution in [-0.2, 0) is 0 Å². The molecule has 0 aromatic carbocycles. The van der Waals surface area contributed by atoms with E-state index < -0.39 is 0 Å². The van der Waals surface area contributed by atoms with Crippen molar-refractivity contribution >= 4 is 35.1 Å². The summed E-state index contributed by atoms with van der Waals surface area (Å²) in [4.78, 5) is 15.7. The van der Waals surface area contributed by atoms with Crippen LogP contribution in [0, 0.1) is 0 Å². The molecule has 4 nitrogen and oxygen atoms in total. The summed E-state index contributed by atoms with van der Waals surface area (Å²) in [6, 6.07) is 1.54. The maximum atomic E-state index is 11.8. The molecule has 1 aromatic heterocycles. The van der Waals surface area contributed by atoms with Gasteiger partial charge in [0, 0.05) is 12.2 Å². The quantitative estimate of drug-likeness (QED) is 0.868. The Balaban J connectivity index is 1.90. The van der Waals surface area contributed by atoms with E-state index in [9.17, 15) is 4.79 Å². The average molecular weight is 288 g/mol. The minimum atomic E-state index is -0.265. The van der Waals surface area contributed by atoms with E-state index in [1.807, 2.05) is 0 Å². The Labute approximate surface area is 116 Å². The maximum absolute atomic E-state index is 11.8. The fraction of sp³-hybridized carbons (Fsp3) is 0.500. The number of hydrogen-bond acceptors (Lipinski definition) is 2. The van der Waals surface area contributed by atoms with Crippen LogP contribution in [0.25, 0.3) is 0 Å². The number of halogens is 2. The van der Waals surface area contributed by atoms with Crippen molar-refractivity contribution in [2.45, 2.75) is 38.1 Å². The molecule has 6 heteroatoms. The van der Waals surface area contributed by atoms with E-state index >= 15 is 0 Å². The van der Waals surface area contributed by atoms with Crippen LogP contribution in [0.15, 0.2) is 12.3 Å². The smallest absolute Gasteiger partial charge is 0.320 e. The SMILES string of the molecule is O=C(Nc1ncc(Cl)cc1Cl)NC1CCCCC1. The van der Waals surface area contributed by atoms with E-state index in [4.69, 9.17) is 23.2 Å². The highest BCUT2D eigenvalue weighted by Gasteiger charge is 2.16. The molecule has 2 amide bonds. The molecule has 18 heavy (non-hydrogen) atoms. The third-order valence-corrected chi connectivity index (χ3v) is 3.47. The fourth-order valence-corrected chi connectivity index (χ4v) is 2.51. The molecule has 1 fully saturated rings. The molecule has 1 heterocycles. The standard InChI is InChI=1S/C12H15Cl2N3O/c13-8-6-10(14)11(15-7-8)17-12(18)16-9-4-2-1-3-5-9/h6-7,9H,1-5H2,(H2,15,16,17,18). The highest BCUT2D eigenvalue weighted by Crippen LogP contribution is 2.22. The number of rotatable bonds is 2. The van der Waals surface area contributed by atoms with Gasteiger partial charge in [0.15, 0.2) is 5.82 Å². The zero-order chi connectivity index (χ0) is 13.0. The lowest BCUT2D eigenvalue weighted by molar-refractivity contribution is 0.244. The second kappa shape index (κ2) is 6.25. The van der Waals surface area contributed by atoms with Crippen molar-refractivity contribution < 1.29 is 4.79 Å². The van der Waals surface area contributed by atoms with Gasteiger partial charge in [0.05, 0.1) is 10.0 Å². The van der Waals surface area contributed by atoms with E-state index in [2.05, 4.69) is 15.6 Å². The summed E-state index contributed by atoms with van der Waals surface area (Å²) in [5.41, 5.74) is 0. The Morgan fingerprint density at radius 3 is 2.67 bits per heavy atom. The number of urea groups is 1. The van der Waals surface area contributed by atoms with Crippen LogP contribution in [0.5, 0.6) is 0 Å². The van der Waals surface area contributed by atoms with Crippen molar-refractivity contribution in [1.29, 1.82) is 0 Å². The van der Waals surface area contributed by atoms with E-state index in [0.29, 0.717) is 15.9 Å². The summed E-state index contributed by atoms with van der Waals surface area (Å²) in [7, 11) is 0. The lowest BCUT2D eigenvalue weighted by atomic mass is 9.96. The number of aromatic nitrogens is 1. The van der Waals surface area contributed by atoms with Gasteiger partial charge in [-0.05, 0) is 18.9 Å². The second-order valence-electron chi connectivity index (χ2n) is 4.42. The molecule has 0 atom stereocenters. The molecule has 0 radical (unpaired) electrons. The van der Waals surface area contributed by atoms with Crippen molar-refractivity contribution in [2.75, 3.05) is 5.32 Å². The third-order valence-electron chi connectivity index (χ3n) is 2.98. The lowest BCUT2D eigenvalue weighted by Crippen LogP contribution is -2.39. The van der Waals surface area contributed by atoms with Gasteiger partial charge in [-0.3, -0.25) is 5.32 Å². The number of nitrogens with one attached hydrogen (secondary N) is 2. The van der Waals surface area contributed by atoms with Gasteiger partial charge in [-0.2, -0.15) is 0 Å². The average Bonchev–Trinajstić information content (AvgIpc) is 2.34. The molecule has 1 aliphatic rings. The monoisotopic (exact) mass is 287 g/mol. The summed E-state index contributed by atoms with van der Waals surface area (Å²) < 4.78 is 0. The maximum Gasteiger partial charge on any atom is 0.320 e. The molecule has 2 rings (SSSR count). The molecule has 1 aliphatic carbocycles. The van der Waals surface area contributed by atoms with Crippen molar-refractivity contribution in [3.8, 4) is 0 Å². The first-order chi connectivity index (χ1) is 8.65. The second-order valence-corrected chi connectivity index (χ2v) is 5.26. The van der Waals surface area contributed by atoms with Crippen LogP contribution in [0.4, 0.5) is 10.6 Å². The first-order valence-corrected chi connectivity index (χ1v) is 6.79. The first kappa shape index (κ1) is 13.4. The Bertz CT molecular complexity index is 433. The normalized spacial score (nSPS) is 16.3. The number of pyridine rings is 1. The number of carbonyl (C=O) groups is 1.